The van der Waals surface area contributed by atoms with Gasteiger partial charge in [0.2, 0.25) is 5.91 Å². The van der Waals surface area contributed by atoms with Gasteiger partial charge in [-0.05, 0) is 25.1 Å². The molecule has 0 bridgehead atoms. The molecule has 2 N–H and O–H groups in total. The van der Waals surface area contributed by atoms with E-state index in [1.807, 2.05) is 0 Å². The zero-order valence-corrected chi connectivity index (χ0v) is 10.9. The Bertz CT molecular complexity index is 351. The number of amides is 1. The van der Waals surface area contributed by atoms with Crippen molar-refractivity contribution in [3.63, 3.8) is 0 Å². The Hall–Kier alpha value is -1.13. The fourth-order valence-electron chi connectivity index (χ4n) is 1.31. The summed E-state index contributed by atoms with van der Waals surface area (Å²) in [7, 11) is 0. The maximum absolute atomic E-state index is 11.5. The molecule has 1 aromatic heterocycles. The van der Waals surface area contributed by atoms with E-state index in [-0.39, 0.29) is 5.91 Å². The predicted octanol–water partition coefficient (Wildman–Crippen LogP) is 2.45. The Kier molecular flexibility index (Phi) is 5.94. The number of hydrogen-bond donors (Lipinski definition) is 2. The van der Waals surface area contributed by atoms with Crippen molar-refractivity contribution in [2.75, 3.05) is 11.9 Å². The molecule has 0 spiro atoms. The lowest BCUT2D eigenvalue weighted by molar-refractivity contribution is -0.116. The SMILES string of the molecule is CC(C)NCCCC(=O)Nc1ccc(Cl)nc1. The highest BCUT2D eigenvalue weighted by Gasteiger charge is 2.02. The molecule has 0 aliphatic rings. The van der Waals surface area contributed by atoms with E-state index in [2.05, 4.69) is 29.5 Å². The highest BCUT2D eigenvalue weighted by atomic mass is 35.5. The molecule has 1 heterocycles. The van der Waals surface area contributed by atoms with Gasteiger partial charge < -0.3 is 10.6 Å². The molecule has 0 aliphatic carbocycles. The number of halogens is 1. The van der Waals surface area contributed by atoms with E-state index in [1.165, 1.54) is 0 Å². The number of anilines is 1. The van der Waals surface area contributed by atoms with Crippen molar-refractivity contribution in [1.82, 2.24) is 10.3 Å². The van der Waals surface area contributed by atoms with Crippen molar-refractivity contribution < 1.29 is 4.79 Å². The fourth-order valence-corrected chi connectivity index (χ4v) is 1.42. The minimum atomic E-state index is -0.000298. The van der Waals surface area contributed by atoms with Gasteiger partial charge in [-0.3, -0.25) is 4.79 Å². The maximum atomic E-state index is 11.5. The lowest BCUT2D eigenvalue weighted by Gasteiger charge is -2.08. The van der Waals surface area contributed by atoms with E-state index in [0.29, 0.717) is 23.3 Å². The summed E-state index contributed by atoms with van der Waals surface area (Å²) in [4.78, 5) is 15.4. The number of pyridine rings is 1. The van der Waals surface area contributed by atoms with Crippen molar-refractivity contribution in [2.24, 2.45) is 0 Å². The average molecular weight is 256 g/mol. The summed E-state index contributed by atoms with van der Waals surface area (Å²) in [6.45, 7) is 5.02. The molecule has 94 valence electrons. The molecule has 1 aromatic rings. The molecule has 0 aromatic carbocycles. The molecule has 1 rings (SSSR count). The zero-order chi connectivity index (χ0) is 12.7. The summed E-state index contributed by atoms with van der Waals surface area (Å²) in [6.07, 6.45) is 2.87. The Morgan fingerprint density at radius 1 is 1.47 bits per heavy atom. The van der Waals surface area contributed by atoms with Crippen LogP contribution in [0.4, 0.5) is 5.69 Å². The first-order valence-electron chi connectivity index (χ1n) is 5.72. The average Bonchev–Trinajstić information content (AvgIpc) is 2.27. The second kappa shape index (κ2) is 7.25. The van der Waals surface area contributed by atoms with Crippen LogP contribution in [0.1, 0.15) is 26.7 Å². The van der Waals surface area contributed by atoms with Crippen molar-refractivity contribution in [3.8, 4) is 0 Å². The number of nitrogens with zero attached hydrogens (tertiary/aromatic N) is 1. The molecule has 0 unspecified atom stereocenters. The van der Waals surface area contributed by atoms with E-state index >= 15 is 0 Å². The Balaban J connectivity index is 2.23. The molecule has 0 saturated heterocycles. The maximum Gasteiger partial charge on any atom is 0.224 e. The molecule has 1 amide bonds. The number of carbonyl (C=O) groups excluding carboxylic acids is 1. The second-order valence-electron chi connectivity index (χ2n) is 4.13. The fraction of sp³-hybridized carbons (Fsp3) is 0.500. The normalized spacial score (nSPS) is 10.6. The van der Waals surface area contributed by atoms with Gasteiger partial charge >= 0.3 is 0 Å². The molecule has 5 heteroatoms. The minimum Gasteiger partial charge on any atom is -0.325 e. The van der Waals surface area contributed by atoms with Crippen molar-refractivity contribution in [2.45, 2.75) is 32.7 Å². The van der Waals surface area contributed by atoms with Gasteiger partial charge in [-0.1, -0.05) is 25.4 Å². The van der Waals surface area contributed by atoms with E-state index in [4.69, 9.17) is 11.6 Å². The number of nitrogens with one attached hydrogen (secondary N) is 2. The molecule has 17 heavy (non-hydrogen) atoms. The standard InChI is InChI=1S/C12H18ClN3O/c1-9(2)14-7-3-4-12(17)16-10-5-6-11(13)15-8-10/h5-6,8-9,14H,3-4,7H2,1-2H3,(H,16,17). The number of carbonyl (C=O) groups is 1. The van der Waals surface area contributed by atoms with E-state index < -0.39 is 0 Å². The third kappa shape index (κ3) is 6.24. The van der Waals surface area contributed by atoms with Gasteiger partial charge in [0.05, 0.1) is 11.9 Å². The van der Waals surface area contributed by atoms with Crippen LogP contribution >= 0.6 is 11.6 Å². The number of rotatable bonds is 6. The molecular weight excluding hydrogens is 238 g/mol. The highest BCUT2D eigenvalue weighted by molar-refractivity contribution is 6.29. The largest absolute Gasteiger partial charge is 0.325 e. The van der Waals surface area contributed by atoms with Crippen molar-refractivity contribution in [1.29, 1.82) is 0 Å². The molecule has 0 aliphatic heterocycles. The minimum absolute atomic E-state index is 0.000298. The zero-order valence-electron chi connectivity index (χ0n) is 10.2. The van der Waals surface area contributed by atoms with Gasteiger partial charge in [-0.15, -0.1) is 0 Å². The van der Waals surface area contributed by atoms with Gasteiger partial charge in [0.1, 0.15) is 5.15 Å². The van der Waals surface area contributed by atoms with E-state index in [1.54, 1.807) is 18.3 Å². The van der Waals surface area contributed by atoms with Gasteiger partial charge in [0.25, 0.3) is 0 Å². The first-order chi connectivity index (χ1) is 8.08. The molecule has 0 atom stereocenters. The topological polar surface area (TPSA) is 54.0 Å². The van der Waals surface area contributed by atoms with Crippen LogP contribution in [0.5, 0.6) is 0 Å². The number of aromatic nitrogens is 1. The Labute approximate surface area is 107 Å². The summed E-state index contributed by atoms with van der Waals surface area (Å²) in [5.41, 5.74) is 0.677. The van der Waals surface area contributed by atoms with Gasteiger partial charge in [0.15, 0.2) is 0 Å². The smallest absolute Gasteiger partial charge is 0.224 e. The molecule has 4 nitrogen and oxygen atoms in total. The summed E-state index contributed by atoms with van der Waals surface area (Å²) < 4.78 is 0. The van der Waals surface area contributed by atoms with Crippen LogP contribution in [0.2, 0.25) is 5.15 Å². The molecular formula is C12H18ClN3O. The Morgan fingerprint density at radius 3 is 2.82 bits per heavy atom. The van der Waals surface area contributed by atoms with Gasteiger partial charge in [-0.2, -0.15) is 0 Å². The number of hydrogen-bond acceptors (Lipinski definition) is 3. The lowest BCUT2D eigenvalue weighted by Crippen LogP contribution is -2.24. The summed E-state index contributed by atoms with van der Waals surface area (Å²) in [5.74, 6) is -0.000298. The van der Waals surface area contributed by atoms with Crippen molar-refractivity contribution >= 4 is 23.2 Å². The molecule has 0 radical (unpaired) electrons. The Morgan fingerprint density at radius 2 is 2.24 bits per heavy atom. The first kappa shape index (κ1) is 13.9. The molecule has 0 saturated carbocycles. The first-order valence-corrected chi connectivity index (χ1v) is 6.10. The summed E-state index contributed by atoms with van der Waals surface area (Å²) >= 11 is 5.65. The quantitative estimate of drug-likeness (QED) is 0.606. The molecule has 0 fully saturated rings. The van der Waals surface area contributed by atoms with Crippen molar-refractivity contribution in [3.05, 3.63) is 23.5 Å². The van der Waals surface area contributed by atoms with Gasteiger partial charge in [-0.25, -0.2) is 4.98 Å². The summed E-state index contributed by atoms with van der Waals surface area (Å²) in [5, 5.41) is 6.45. The van der Waals surface area contributed by atoms with Crippen LogP contribution in [0.3, 0.4) is 0 Å². The van der Waals surface area contributed by atoms with Crippen LogP contribution in [-0.4, -0.2) is 23.5 Å². The third-order valence-corrected chi connectivity index (χ3v) is 2.37. The second-order valence-corrected chi connectivity index (χ2v) is 4.52. The van der Waals surface area contributed by atoms with Crippen LogP contribution in [-0.2, 0) is 4.79 Å². The monoisotopic (exact) mass is 255 g/mol. The van der Waals surface area contributed by atoms with Crippen LogP contribution in [0, 0.1) is 0 Å². The van der Waals surface area contributed by atoms with Crippen LogP contribution in [0.25, 0.3) is 0 Å². The van der Waals surface area contributed by atoms with Crippen LogP contribution < -0.4 is 10.6 Å². The summed E-state index contributed by atoms with van der Waals surface area (Å²) in [6, 6.07) is 3.84. The lowest BCUT2D eigenvalue weighted by atomic mass is 10.2. The third-order valence-electron chi connectivity index (χ3n) is 2.14. The van der Waals surface area contributed by atoms with Crippen LogP contribution in [0.15, 0.2) is 18.3 Å². The highest BCUT2D eigenvalue weighted by Crippen LogP contribution is 2.09. The van der Waals surface area contributed by atoms with E-state index in [9.17, 15) is 4.79 Å². The van der Waals surface area contributed by atoms with E-state index in [0.717, 1.165) is 13.0 Å². The predicted molar refractivity (Wildman–Crippen MR) is 70.2 cm³/mol. The van der Waals surface area contributed by atoms with Gasteiger partial charge in [0, 0.05) is 12.5 Å².